The molecule has 0 aliphatic heterocycles. The highest BCUT2D eigenvalue weighted by Crippen LogP contribution is 2.21. The maximum Gasteiger partial charge on any atom is 0.277 e. The molecule has 0 atom stereocenters. The zero-order valence-electron chi connectivity index (χ0n) is 14.6. The highest BCUT2D eigenvalue weighted by molar-refractivity contribution is 7.82. The van der Waals surface area contributed by atoms with Gasteiger partial charge >= 0.3 is 0 Å². The highest BCUT2D eigenvalue weighted by atomic mass is 32.1. The van der Waals surface area contributed by atoms with E-state index in [4.69, 9.17) is 33.9 Å². The molecule has 0 unspecified atom stereocenters. The lowest BCUT2D eigenvalue weighted by Crippen LogP contribution is -2.47. The van der Waals surface area contributed by atoms with E-state index in [0.29, 0.717) is 18.0 Å². The van der Waals surface area contributed by atoms with Gasteiger partial charge in [0.25, 0.3) is 10.3 Å². The van der Waals surface area contributed by atoms with Crippen LogP contribution in [0, 0.1) is 0 Å². The molecule has 0 bridgehead atoms. The first-order valence-electron chi connectivity index (χ1n) is 8.39. The minimum atomic E-state index is 0.185. The zero-order valence-corrected chi connectivity index (χ0v) is 16.2. The maximum absolute atomic E-state index is 5.82. The molecular formula is C21H19N2O2S2+. The number of para-hydroxylation sites is 2. The Morgan fingerprint density at radius 1 is 0.704 bits per heavy atom. The van der Waals surface area contributed by atoms with Gasteiger partial charge in [0.05, 0.1) is 12.2 Å². The topological polar surface area (TPSA) is 49.3 Å². The molecule has 0 saturated carbocycles. The lowest BCUT2D eigenvalue weighted by atomic mass is 10.2. The summed E-state index contributed by atoms with van der Waals surface area (Å²) in [7, 11) is 0. The van der Waals surface area contributed by atoms with E-state index < -0.39 is 0 Å². The maximum atomic E-state index is 5.82. The summed E-state index contributed by atoms with van der Waals surface area (Å²) in [5, 5.41) is 0.369. The van der Waals surface area contributed by atoms with Crippen LogP contribution in [0.4, 0.5) is 5.69 Å². The van der Waals surface area contributed by atoms with Crippen molar-refractivity contribution in [3.63, 3.8) is 0 Å². The molecular weight excluding hydrogens is 376 g/mol. The van der Waals surface area contributed by atoms with E-state index >= 15 is 0 Å². The molecule has 0 aromatic heterocycles. The number of nitrogens with zero attached hydrogens (tertiary/aromatic N) is 1. The molecule has 0 saturated heterocycles. The Labute approximate surface area is 169 Å². The Hall–Kier alpha value is -2.80. The number of anilines is 1. The van der Waals surface area contributed by atoms with Crippen LogP contribution in [0.1, 0.15) is 5.56 Å². The van der Waals surface area contributed by atoms with Gasteiger partial charge in [0, 0.05) is 5.56 Å². The third-order valence-corrected chi connectivity index (χ3v) is 4.28. The van der Waals surface area contributed by atoms with Gasteiger partial charge in [-0.2, -0.15) is 0 Å². The first kappa shape index (κ1) is 19.0. The Balaban J connectivity index is 1.87. The average Bonchev–Trinajstić information content (AvgIpc) is 2.70. The number of benzene rings is 3. The third-order valence-electron chi connectivity index (χ3n) is 3.75. The molecule has 3 N–H and O–H groups in total. The van der Waals surface area contributed by atoms with Crippen LogP contribution in [0.2, 0.25) is 0 Å². The molecule has 0 fully saturated rings. The van der Waals surface area contributed by atoms with Crippen molar-refractivity contribution in [3.05, 3.63) is 90.5 Å². The van der Waals surface area contributed by atoms with Gasteiger partial charge in [-0.15, -0.1) is 0 Å². The molecule has 4 nitrogen and oxygen atoms in total. The molecule has 3 aromatic carbocycles. The standard InChI is InChI=1S/C21H18N2O2S2/c22-15-16-11-13-17(14-12-16)23(20(26)24-18-7-3-1-4-8-18)21(27)25-19-9-5-2-6-10-19/h1-14H,15,22H2/p+1. The normalized spacial score (nSPS) is 10.1. The fraction of sp³-hybridized carbons (Fsp3) is 0.0476. The lowest BCUT2D eigenvalue weighted by Gasteiger charge is -2.24. The minimum Gasteiger partial charge on any atom is -0.431 e. The van der Waals surface area contributed by atoms with Crippen molar-refractivity contribution in [1.82, 2.24) is 0 Å². The van der Waals surface area contributed by atoms with Crippen molar-refractivity contribution in [1.29, 1.82) is 0 Å². The second kappa shape index (κ2) is 9.23. The first-order valence-corrected chi connectivity index (χ1v) is 9.21. The van der Waals surface area contributed by atoms with Gasteiger partial charge in [0.1, 0.15) is 11.5 Å². The largest absolute Gasteiger partial charge is 0.431 e. The Morgan fingerprint density at radius 2 is 1.15 bits per heavy atom. The summed E-state index contributed by atoms with van der Waals surface area (Å²) >= 11 is 11.0. The molecule has 0 aliphatic rings. The molecule has 0 heterocycles. The number of quaternary nitrogens is 1. The van der Waals surface area contributed by atoms with Gasteiger partial charge in [-0.05, 0) is 60.8 Å². The Kier molecular flexibility index (Phi) is 6.49. The van der Waals surface area contributed by atoms with E-state index in [0.717, 1.165) is 11.3 Å². The molecule has 0 aliphatic carbocycles. The summed E-state index contributed by atoms with van der Waals surface area (Å²) in [6, 6.07) is 26.5. The highest BCUT2D eigenvalue weighted by Gasteiger charge is 2.21. The van der Waals surface area contributed by atoms with Crippen LogP contribution in [0.5, 0.6) is 11.5 Å². The number of ether oxygens (including phenoxy) is 2. The third kappa shape index (κ3) is 5.10. The van der Waals surface area contributed by atoms with E-state index in [-0.39, 0.29) is 10.3 Å². The van der Waals surface area contributed by atoms with Crippen molar-refractivity contribution in [2.45, 2.75) is 6.54 Å². The van der Waals surface area contributed by atoms with Crippen LogP contribution in [-0.2, 0) is 6.54 Å². The molecule has 3 rings (SSSR count). The first-order chi connectivity index (χ1) is 13.2. The van der Waals surface area contributed by atoms with Gasteiger partial charge in [-0.3, -0.25) is 0 Å². The fourth-order valence-electron chi connectivity index (χ4n) is 2.37. The number of thiocarbonyl (C=S) groups is 2. The van der Waals surface area contributed by atoms with Crippen molar-refractivity contribution in [3.8, 4) is 11.5 Å². The summed E-state index contributed by atoms with van der Waals surface area (Å²) in [4.78, 5) is 1.59. The summed E-state index contributed by atoms with van der Waals surface area (Å²) in [6.45, 7) is 0.705. The summed E-state index contributed by atoms with van der Waals surface area (Å²) < 4.78 is 11.6. The molecule has 136 valence electrons. The van der Waals surface area contributed by atoms with Crippen molar-refractivity contribution >= 4 is 40.5 Å². The smallest absolute Gasteiger partial charge is 0.277 e. The lowest BCUT2D eigenvalue weighted by molar-refractivity contribution is -0.386. The van der Waals surface area contributed by atoms with Crippen molar-refractivity contribution in [2.24, 2.45) is 0 Å². The van der Waals surface area contributed by atoms with Crippen LogP contribution in [0.15, 0.2) is 84.9 Å². The van der Waals surface area contributed by atoms with Crippen LogP contribution in [-0.4, -0.2) is 10.3 Å². The van der Waals surface area contributed by atoms with E-state index in [1.165, 1.54) is 0 Å². The van der Waals surface area contributed by atoms with E-state index in [1.807, 2.05) is 84.9 Å². The quantitative estimate of drug-likeness (QED) is 0.678. The second-order valence-corrected chi connectivity index (χ2v) is 6.31. The van der Waals surface area contributed by atoms with E-state index in [9.17, 15) is 0 Å². The SMILES string of the molecule is [NH3+]Cc1ccc(N(C(=S)Oc2ccccc2)C(=S)Oc2ccccc2)cc1. The summed E-state index contributed by atoms with van der Waals surface area (Å²) in [5.41, 5.74) is 5.77. The van der Waals surface area contributed by atoms with Gasteiger partial charge in [0.15, 0.2) is 0 Å². The van der Waals surface area contributed by atoms with E-state index in [1.54, 1.807) is 4.90 Å². The Bertz CT molecular complexity index is 847. The van der Waals surface area contributed by atoms with Crippen molar-refractivity contribution < 1.29 is 15.2 Å². The number of hydrogen-bond donors (Lipinski definition) is 1. The Morgan fingerprint density at radius 3 is 1.56 bits per heavy atom. The van der Waals surface area contributed by atoms with Gasteiger partial charge in [-0.1, -0.05) is 48.5 Å². The molecule has 0 amide bonds. The monoisotopic (exact) mass is 395 g/mol. The van der Waals surface area contributed by atoms with Gasteiger partial charge in [0.2, 0.25) is 0 Å². The van der Waals surface area contributed by atoms with Crippen LogP contribution >= 0.6 is 24.4 Å². The van der Waals surface area contributed by atoms with Gasteiger partial charge in [-0.25, -0.2) is 4.90 Å². The summed E-state index contributed by atoms with van der Waals surface area (Å²) in [6.07, 6.45) is 0. The number of rotatable bonds is 4. The van der Waals surface area contributed by atoms with E-state index in [2.05, 4.69) is 5.73 Å². The second-order valence-electron chi connectivity index (χ2n) is 5.61. The molecule has 3 aromatic rings. The predicted molar refractivity (Wildman–Crippen MR) is 115 cm³/mol. The number of hydrogen-bond acceptors (Lipinski definition) is 4. The minimum absolute atomic E-state index is 0.185. The molecule has 6 heteroatoms. The molecule has 0 radical (unpaired) electrons. The predicted octanol–water partition coefficient (Wildman–Crippen LogP) is 3.96. The van der Waals surface area contributed by atoms with Crippen LogP contribution in [0.25, 0.3) is 0 Å². The van der Waals surface area contributed by atoms with Crippen LogP contribution in [0.3, 0.4) is 0 Å². The van der Waals surface area contributed by atoms with Crippen LogP contribution < -0.4 is 20.1 Å². The fourth-order valence-corrected chi connectivity index (χ4v) is 2.99. The molecule has 27 heavy (non-hydrogen) atoms. The average molecular weight is 396 g/mol. The van der Waals surface area contributed by atoms with Gasteiger partial charge < -0.3 is 15.2 Å². The zero-order chi connectivity index (χ0) is 19.1. The van der Waals surface area contributed by atoms with Crippen molar-refractivity contribution in [2.75, 3.05) is 4.90 Å². The summed E-state index contributed by atoms with van der Waals surface area (Å²) in [5.74, 6) is 1.26. The molecule has 0 spiro atoms.